The molecule has 12 heteroatoms. The Morgan fingerprint density at radius 3 is 2.64 bits per heavy atom. The Morgan fingerprint density at radius 1 is 1.24 bits per heavy atom. The standard InChI is InChI=1S/C21H20F3N3O6/c1-2-12-3-4-17(16(22)7-12)26-20-15(21(31)27-33-11-14(30)10-29)8-13(18(23)19(20)24)9-25-32-6-5-28/h1,3-4,7-9,14,26,28-30H,5-6,10-11H2,(H,27,31)/b25-9+. The predicted octanol–water partition coefficient (Wildman–Crippen LogP) is 1.19. The number of nitrogens with zero attached hydrogens (tertiary/aromatic N) is 1. The number of aliphatic hydroxyl groups is 3. The number of aliphatic hydroxyl groups excluding tert-OH is 3. The SMILES string of the molecule is C#Cc1ccc(Nc2c(C(=O)NOCC(O)CO)cc(/C=N/OCCO)c(F)c2F)c(F)c1. The Balaban J connectivity index is 2.45. The van der Waals surface area contributed by atoms with E-state index in [9.17, 15) is 23.1 Å². The highest BCUT2D eigenvalue weighted by Gasteiger charge is 2.23. The van der Waals surface area contributed by atoms with Crippen LogP contribution in [0.15, 0.2) is 29.4 Å². The second-order valence-corrected chi connectivity index (χ2v) is 6.35. The van der Waals surface area contributed by atoms with Crippen LogP contribution in [0.1, 0.15) is 21.5 Å². The molecule has 0 bridgehead atoms. The molecule has 0 saturated carbocycles. The third-order valence-electron chi connectivity index (χ3n) is 3.98. The molecule has 0 fully saturated rings. The number of carbonyl (C=O) groups excluding carboxylic acids is 1. The van der Waals surface area contributed by atoms with E-state index in [1.165, 1.54) is 12.1 Å². The number of anilines is 2. The molecule has 0 aromatic heterocycles. The van der Waals surface area contributed by atoms with Crippen molar-refractivity contribution >= 4 is 23.5 Å². The van der Waals surface area contributed by atoms with Crippen LogP contribution in [0.2, 0.25) is 0 Å². The van der Waals surface area contributed by atoms with E-state index in [2.05, 4.69) is 21.2 Å². The van der Waals surface area contributed by atoms with Crippen LogP contribution < -0.4 is 10.8 Å². The summed E-state index contributed by atoms with van der Waals surface area (Å²) >= 11 is 0. The van der Waals surface area contributed by atoms with Gasteiger partial charge < -0.3 is 25.5 Å². The Bertz CT molecular complexity index is 1060. The fourth-order valence-electron chi connectivity index (χ4n) is 2.38. The van der Waals surface area contributed by atoms with Gasteiger partial charge in [-0.3, -0.25) is 9.63 Å². The molecule has 0 radical (unpaired) electrons. The van der Waals surface area contributed by atoms with E-state index in [1.54, 1.807) is 0 Å². The maximum atomic E-state index is 14.9. The molecule has 0 heterocycles. The van der Waals surface area contributed by atoms with Crippen molar-refractivity contribution in [3.05, 3.63) is 58.4 Å². The van der Waals surface area contributed by atoms with Crippen molar-refractivity contribution in [1.82, 2.24) is 5.48 Å². The number of hydrogen-bond acceptors (Lipinski definition) is 8. The lowest BCUT2D eigenvalue weighted by atomic mass is 10.1. The van der Waals surface area contributed by atoms with Gasteiger partial charge in [0.25, 0.3) is 5.91 Å². The summed E-state index contributed by atoms with van der Waals surface area (Å²) in [5, 5.41) is 32.4. The van der Waals surface area contributed by atoms with Crippen molar-refractivity contribution in [2.45, 2.75) is 6.10 Å². The first-order chi connectivity index (χ1) is 15.8. The summed E-state index contributed by atoms with van der Waals surface area (Å²) < 4.78 is 43.8. The molecule has 0 saturated heterocycles. The first-order valence-electron chi connectivity index (χ1n) is 9.34. The number of hydroxylamine groups is 1. The number of halogens is 3. The van der Waals surface area contributed by atoms with Gasteiger partial charge in [0.2, 0.25) is 0 Å². The smallest absolute Gasteiger partial charge is 0.277 e. The summed E-state index contributed by atoms with van der Waals surface area (Å²) in [4.78, 5) is 21.9. The average molecular weight is 467 g/mol. The minimum Gasteiger partial charge on any atom is -0.394 e. The summed E-state index contributed by atoms with van der Waals surface area (Å²) in [5.41, 5.74) is 0.0644. The summed E-state index contributed by atoms with van der Waals surface area (Å²) in [6, 6.07) is 4.39. The van der Waals surface area contributed by atoms with E-state index in [0.29, 0.717) is 0 Å². The molecule has 2 rings (SSSR count). The highest BCUT2D eigenvalue weighted by Crippen LogP contribution is 2.30. The van der Waals surface area contributed by atoms with Gasteiger partial charge in [-0.1, -0.05) is 11.1 Å². The van der Waals surface area contributed by atoms with Crippen molar-refractivity contribution in [3.63, 3.8) is 0 Å². The summed E-state index contributed by atoms with van der Waals surface area (Å²) in [6.45, 7) is -1.72. The second kappa shape index (κ2) is 12.4. The molecule has 176 valence electrons. The maximum absolute atomic E-state index is 14.9. The van der Waals surface area contributed by atoms with E-state index < -0.39 is 59.5 Å². The number of amides is 1. The number of terminal acetylenes is 1. The van der Waals surface area contributed by atoms with Crippen LogP contribution in [-0.4, -0.2) is 60.0 Å². The Morgan fingerprint density at radius 2 is 2.00 bits per heavy atom. The summed E-state index contributed by atoms with van der Waals surface area (Å²) in [7, 11) is 0. The minimum atomic E-state index is -1.54. The monoisotopic (exact) mass is 467 g/mol. The van der Waals surface area contributed by atoms with Gasteiger partial charge in [0.15, 0.2) is 11.6 Å². The van der Waals surface area contributed by atoms with Crippen LogP contribution >= 0.6 is 0 Å². The molecule has 5 N–H and O–H groups in total. The molecule has 0 spiro atoms. The number of hydrogen-bond donors (Lipinski definition) is 5. The van der Waals surface area contributed by atoms with Crippen molar-refractivity contribution in [2.75, 3.05) is 31.7 Å². The van der Waals surface area contributed by atoms with E-state index >= 15 is 0 Å². The highest BCUT2D eigenvalue weighted by molar-refractivity contribution is 6.01. The summed E-state index contributed by atoms with van der Waals surface area (Å²) in [5.74, 6) is -2.73. The molecule has 1 amide bonds. The molecular weight excluding hydrogens is 447 g/mol. The van der Waals surface area contributed by atoms with E-state index in [0.717, 1.165) is 18.3 Å². The molecule has 9 nitrogen and oxygen atoms in total. The largest absolute Gasteiger partial charge is 0.394 e. The fraction of sp³-hybridized carbons (Fsp3) is 0.238. The van der Waals surface area contributed by atoms with Crippen molar-refractivity contribution in [3.8, 4) is 12.3 Å². The van der Waals surface area contributed by atoms with Crippen LogP contribution in [0.5, 0.6) is 0 Å². The predicted molar refractivity (Wildman–Crippen MR) is 111 cm³/mol. The molecule has 2 aromatic carbocycles. The highest BCUT2D eigenvalue weighted by atomic mass is 19.2. The molecular formula is C21H20F3N3O6. The molecule has 1 unspecified atom stereocenters. The fourth-order valence-corrected chi connectivity index (χ4v) is 2.38. The number of carbonyl (C=O) groups is 1. The lowest BCUT2D eigenvalue weighted by Crippen LogP contribution is -2.30. The topological polar surface area (TPSA) is 133 Å². The number of oxime groups is 1. The zero-order valence-electron chi connectivity index (χ0n) is 17.0. The van der Waals surface area contributed by atoms with Crippen molar-refractivity contribution in [2.24, 2.45) is 5.16 Å². The van der Waals surface area contributed by atoms with Crippen LogP contribution in [-0.2, 0) is 9.68 Å². The Kier molecular flexibility index (Phi) is 9.64. The van der Waals surface area contributed by atoms with Gasteiger partial charge in [-0.2, -0.15) is 0 Å². The second-order valence-electron chi connectivity index (χ2n) is 6.35. The number of rotatable bonds is 11. The molecule has 1 atom stereocenters. The maximum Gasteiger partial charge on any atom is 0.277 e. The van der Waals surface area contributed by atoms with Gasteiger partial charge in [0.05, 0.1) is 36.4 Å². The lowest BCUT2D eigenvalue weighted by molar-refractivity contribution is -0.0295. The van der Waals surface area contributed by atoms with Gasteiger partial charge >= 0.3 is 0 Å². The van der Waals surface area contributed by atoms with Crippen molar-refractivity contribution in [1.29, 1.82) is 0 Å². The quantitative estimate of drug-likeness (QED) is 0.145. The Hall–Kier alpha value is -3.63. The zero-order chi connectivity index (χ0) is 24.4. The van der Waals surface area contributed by atoms with Crippen LogP contribution in [0.25, 0.3) is 0 Å². The number of benzene rings is 2. The van der Waals surface area contributed by atoms with Gasteiger partial charge in [-0.15, -0.1) is 6.42 Å². The summed E-state index contributed by atoms with van der Waals surface area (Å²) in [6.07, 6.45) is 4.67. The third-order valence-corrected chi connectivity index (χ3v) is 3.98. The average Bonchev–Trinajstić information content (AvgIpc) is 2.81. The molecule has 33 heavy (non-hydrogen) atoms. The number of nitrogens with one attached hydrogen (secondary N) is 2. The molecule has 0 aliphatic carbocycles. The minimum absolute atomic E-state index is 0.202. The lowest BCUT2D eigenvalue weighted by Gasteiger charge is -2.16. The Labute approximate surface area is 186 Å². The van der Waals surface area contributed by atoms with Gasteiger partial charge in [-0.05, 0) is 24.3 Å². The molecule has 0 aliphatic heterocycles. The van der Waals surface area contributed by atoms with E-state index in [4.69, 9.17) is 21.5 Å². The van der Waals surface area contributed by atoms with E-state index in [1.807, 2.05) is 5.48 Å². The van der Waals surface area contributed by atoms with Gasteiger partial charge in [0.1, 0.15) is 25.1 Å². The van der Waals surface area contributed by atoms with Crippen LogP contribution in [0.4, 0.5) is 24.5 Å². The van der Waals surface area contributed by atoms with Gasteiger partial charge in [0, 0.05) is 11.1 Å². The molecule has 0 aliphatic rings. The van der Waals surface area contributed by atoms with Gasteiger partial charge in [-0.25, -0.2) is 18.7 Å². The normalized spacial score (nSPS) is 11.8. The van der Waals surface area contributed by atoms with E-state index in [-0.39, 0.29) is 24.5 Å². The van der Waals surface area contributed by atoms with Crippen LogP contribution in [0, 0.1) is 29.8 Å². The molecule has 2 aromatic rings. The zero-order valence-corrected chi connectivity index (χ0v) is 17.0. The first-order valence-corrected chi connectivity index (χ1v) is 9.34. The van der Waals surface area contributed by atoms with Crippen LogP contribution in [0.3, 0.4) is 0 Å². The third kappa shape index (κ3) is 6.93. The van der Waals surface area contributed by atoms with Crippen molar-refractivity contribution < 1.29 is 43.0 Å². The first kappa shape index (κ1) is 25.6.